The van der Waals surface area contributed by atoms with Crippen LogP contribution in [0, 0.1) is 0 Å². The molecule has 2 aromatic rings. The van der Waals surface area contributed by atoms with Gasteiger partial charge in [-0.25, -0.2) is 9.67 Å². The monoisotopic (exact) mass is 288 g/mol. The Hall–Kier alpha value is -1.88. The van der Waals surface area contributed by atoms with E-state index in [9.17, 15) is 0 Å². The third kappa shape index (κ3) is 4.04. The van der Waals surface area contributed by atoms with Gasteiger partial charge in [0.05, 0.1) is 0 Å². The van der Waals surface area contributed by atoms with E-state index >= 15 is 0 Å². The van der Waals surface area contributed by atoms with E-state index in [0.29, 0.717) is 12.6 Å². The summed E-state index contributed by atoms with van der Waals surface area (Å²) in [5.74, 6) is 1.70. The molecule has 1 atom stereocenters. The molecule has 5 heteroatoms. The smallest absolute Gasteiger partial charge is 0.165 e. The highest BCUT2D eigenvalue weighted by atomic mass is 16.5. The van der Waals surface area contributed by atoms with E-state index < -0.39 is 0 Å². The lowest BCUT2D eigenvalue weighted by Crippen LogP contribution is -2.17. The average Bonchev–Trinajstić information content (AvgIpc) is 2.94. The lowest BCUT2D eigenvalue weighted by molar-refractivity contribution is 0.282. The van der Waals surface area contributed by atoms with Gasteiger partial charge in [0.25, 0.3) is 0 Å². The maximum Gasteiger partial charge on any atom is 0.165 e. The summed E-state index contributed by atoms with van der Waals surface area (Å²) in [7, 11) is 0. The van der Waals surface area contributed by atoms with Crippen LogP contribution < -0.4 is 10.1 Å². The zero-order chi connectivity index (χ0) is 15.2. The summed E-state index contributed by atoms with van der Waals surface area (Å²) in [4.78, 5) is 4.25. The van der Waals surface area contributed by atoms with Crippen LogP contribution in [0.4, 0.5) is 0 Å². The van der Waals surface area contributed by atoms with Gasteiger partial charge in [0.1, 0.15) is 18.7 Å². The van der Waals surface area contributed by atoms with Gasteiger partial charge in [0.15, 0.2) is 5.82 Å². The fourth-order valence-electron chi connectivity index (χ4n) is 2.25. The fraction of sp³-hybridized carbons (Fsp3) is 0.500. The molecule has 1 aromatic carbocycles. The molecular weight excluding hydrogens is 264 g/mol. The number of hydrogen-bond donors (Lipinski definition) is 1. The molecule has 2 rings (SSSR count). The first-order valence-electron chi connectivity index (χ1n) is 7.46. The van der Waals surface area contributed by atoms with Gasteiger partial charge in [-0.2, -0.15) is 5.10 Å². The lowest BCUT2D eigenvalue weighted by atomic mass is 10.1. The van der Waals surface area contributed by atoms with E-state index in [0.717, 1.165) is 18.1 Å². The zero-order valence-corrected chi connectivity index (χ0v) is 13.2. The predicted molar refractivity (Wildman–Crippen MR) is 83.3 cm³/mol. The minimum Gasteiger partial charge on any atom is -0.486 e. The molecule has 0 spiro atoms. The number of hydrogen-bond acceptors (Lipinski definition) is 4. The van der Waals surface area contributed by atoms with E-state index in [1.807, 2.05) is 16.8 Å². The largest absolute Gasteiger partial charge is 0.486 e. The molecule has 0 saturated heterocycles. The highest BCUT2D eigenvalue weighted by Crippen LogP contribution is 2.20. The number of aromatic nitrogens is 3. The number of ether oxygens (including phenoxy) is 1. The first-order valence-corrected chi connectivity index (χ1v) is 7.46. The third-order valence-electron chi connectivity index (χ3n) is 3.37. The molecule has 0 radical (unpaired) electrons. The van der Waals surface area contributed by atoms with E-state index in [4.69, 9.17) is 4.74 Å². The summed E-state index contributed by atoms with van der Waals surface area (Å²) in [5, 5.41) is 7.61. The molecule has 0 fully saturated rings. The van der Waals surface area contributed by atoms with E-state index in [2.05, 4.69) is 55.2 Å². The molecule has 0 aliphatic carbocycles. The molecule has 1 heterocycles. The topological polar surface area (TPSA) is 52.0 Å². The second kappa shape index (κ2) is 7.22. The van der Waals surface area contributed by atoms with Gasteiger partial charge >= 0.3 is 0 Å². The molecule has 1 aromatic heterocycles. The maximum atomic E-state index is 5.86. The van der Waals surface area contributed by atoms with Crippen molar-refractivity contribution in [3.63, 3.8) is 0 Å². The summed E-state index contributed by atoms with van der Waals surface area (Å²) in [5.41, 5.74) is 1.22. The van der Waals surface area contributed by atoms with Crippen molar-refractivity contribution in [2.24, 2.45) is 0 Å². The number of rotatable bonds is 7. The summed E-state index contributed by atoms with van der Waals surface area (Å²) >= 11 is 0. The van der Waals surface area contributed by atoms with Crippen molar-refractivity contribution in [3.05, 3.63) is 42.0 Å². The highest BCUT2D eigenvalue weighted by Gasteiger charge is 2.09. The normalized spacial score (nSPS) is 12.6. The Balaban J connectivity index is 2.03. The van der Waals surface area contributed by atoms with Crippen LogP contribution in [-0.4, -0.2) is 21.3 Å². The molecule has 21 heavy (non-hydrogen) atoms. The van der Waals surface area contributed by atoms with Crippen LogP contribution in [0.1, 0.15) is 51.2 Å². The van der Waals surface area contributed by atoms with Gasteiger partial charge in [-0.15, -0.1) is 0 Å². The Morgan fingerprint density at radius 1 is 1.29 bits per heavy atom. The third-order valence-corrected chi connectivity index (χ3v) is 3.37. The van der Waals surface area contributed by atoms with E-state index in [1.165, 1.54) is 5.56 Å². The first kappa shape index (κ1) is 15.5. The molecule has 1 N–H and O–H groups in total. The van der Waals surface area contributed by atoms with Crippen molar-refractivity contribution in [2.75, 3.05) is 6.54 Å². The lowest BCUT2D eigenvalue weighted by Gasteiger charge is -2.14. The summed E-state index contributed by atoms with van der Waals surface area (Å²) in [6.45, 7) is 9.79. The molecule has 0 aliphatic rings. The van der Waals surface area contributed by atoms with Crippen LogP contribution in [0.25, 0.3) is 0 Å². The van der Waals surface area contributed by atoms with Crippen LogP contribution in [0.3, 0.4) is 0 Å². The summed E-state index contributed by atoms with van der Waals surface area (Å²) < 4.78 is 7.74. The van der Waals surface area contributed by atoms with Crippen molar-refractivity contribution in [1.29, 1.82) is 0 Å². The SMILES string of the molecule is CCNC(C)c1cccc(OCc2ncnn2C(C)C)c1. The average molecular weight is 288 g/mol. The molecular formula is C16H24N4O. The van der Waals surface area contributed by atoms with Gasteiger partial charge in [0.2, 0.25) is 0 Å². The van der Waals surface area contributed by atoms with Crippen molar-refractivity contribution in [3.8, 4) is 5.75 Å². The Labute approximate surface area is 126 Å². The molecule has 1 unspecified atom stereocenters. The van der Waals surface area contributed by atoms with E-state index in [-0.39, 0.29) is 6.04 Å². The standard InChI is InChI=1S/C16H24N4O/c1-5-17-13(4)14-7-6-8-15(9-14)21-10-16-18-11-19-20(16)12(2)3/h6-9,11-13,17H,5,10H2,1-4H3. The first-order chi connectivity index (χ1) is 10.1. The second-order valence-corrected chi connectivity index (χ2v) is 5.36. The van der Waals surface area contributed by atoms with Gasteiger partial charge in [-0.1, -0.05) is 19.1 Å². The van der Waals surface area contributed by atoms with Crippen LogP contribution in [0.5, 0.6) is 5.75 Å². The molecule has 0 saturated carbocycles. The molecule has 5 nitrogen and oxygen atoms in total. The highest BCUT2D eigenvalue weighted by molar-refractivity contribution is 5.30. The van der Waals surface area contributed by atoms with Gasteiger partial charge in [0, 0.05) is 12.1 Å². The number of benzene rings is 1. The van der Waals surface area contributed by atoms with Crippen molar-refractivity contribution in [1.82, 2.24) is 20.1 Å². The van der Waals surface area contributed by atoms with Crippen molar-refractivity contribution < 1.29 is 4.74 Å². The molecule has 114 valence electrons. The molecule has 0 aliphatic heterocycles. The minimum atomic E-state index is 0.284. The Bertz CT molecular complexity index is 565. The second-order valence-electron chi connectivity index (χ2n) is 5.36. The number of nitrogens with one attached hydrogen (secondary N) is 1. The van der Waals surface area contributed by atoms with Gasteiger partial charge < -0.3 is 10.1 Å². The van der Waals surface area contributed by atoms with Crippen molar-refractivity contribution in [2.45, 2.75) is 46.4 Å². The summed E-state index contributed by atoms with van der Waals surface area (Å²) in [6.07, 6.45) is 1.57. The quantitative estimate of drug-likeness (QED) is 0.850. The van der Waals surface area contributed by atoms with Crippen LogP contribution in [0.2, 0.25) is 0 Å². The Kier molecular flexibility index (Phi) is 5.33. The number of nitrogens with zero attached hydrogens (tertiary/aromatic N) is 3. The molecule has 0 bridgehead atoms. The van der Waals surface area contributed by atoms with E-state index in [1.54, 1.807) is 6.33 Å². The van der Waals surface area contributed by atoms with Crippen molar-refractivity contribution >= 4 is 0 Å². The van der Waals surface area contributed by atoms with Crippen LogP contribution >= 0.6 is 0 Å². The fourth-order valence-corrected chi connectivity index (χ4v) is 2.25. The summed E-state index contributed by atoms with van der Waals surface area (Å²) in [6, 6.07) is 8.77. The maximum absolute atomic E-state index is 5.86. The minimum absolute atomic E-state index is 0.284. The Morgan fingerprint density at radius 3 is 2.81 bits per heavy atom. The molecule has 0 amide bonds. The van der Waals surface area contributed by atoms with Crippen LogP contribution in [0.15, 0.2) is 30.6 Å². The zero-order valence-electron chi connectivity index (χ0n) is 13.2. The predicted octanol–water partition coefficient (Wildman–Crippen LogP) is 3.11. The Morgan fingerprint density at radius 2 is 2.10 bits per heavy atom. The van der Waals surface area contributed by atoms with Gasteiger partial charge in [-0.3, -0.25) is 0 Å². The van der Waals surface area contributed by atoms with Crippen LogP contribution in [-0.2, 0) is 6.61 Å². The van der Waals surface area contributed by atoms with Gasteiger partial charge in [-0.05, 0) is 45.0 Å².